The summed E-state index contributed by atoms with van der Waals surface area (Å²) in [7, 11) is 0. The van der Waals surface area contributed by atoms with Gasteiger partial charge in [0.05, 0.1) is 5.39 Å². The molecule has 0 atom stereocenters. The van der Waals surface area contributed by atoms with E-state index in [0.29, 0.717) is 0 Å². The van der Waals surface area contributed by atoms with Gasteiger partial charge in [-0.2, -0.15) is 0 Å². The Balaban J connectivity index is 2.02. The zero-order chi connectivity index (χ0) is 15.7. The van der Waals surface area contributed by atoms with Crippen LogP contribution >= 0.6 is 0 Å². The molecule has 3 aromatic rings. The lowest BCUT2D eigenvalue weighted by Crippen LogP contribution is -2.31. The van der Waals surface area contributed by atoms with Gasteiger partial charge in [-0.05, 0) is 12.1 Å². The van der Waals surface area contributed by atoms with Gasteiger partial charge >= 0.3 is 5.69 Å². The summed E-state index contributed by atoms with van der Waals surface area (Å²) in [6.07, 6.45) is 4.37. The van der Waals surface area contributed by atoms with E-state index >= 15 is 0 Å². The highest BCUT2D eigenvalue weighted by atomic mass is 16.3. The minimum Gasteiger partial charge on any atom is -0.506 e. The Bertz CT molecular complexity index is 953. The Labute approximate surface area is 123 Å². The van der Waals surface area contributed by atoms with Crippen LogP contribution < -0.4 is 11.2 Å². The molecule has 0 radical (unpaired) electrons. The van der Waals surface area contributed by atoms with Gasteiger partial charge in [0, 0.05) is 25.4 Å². The number of nitrogens with one attached hydrogen (secondary N) is 1. The normalized spacial score (nSPS) is 10.9. The first-order valence-electron chi connectivity index (χ1n) is 6.54. The zero-order valence-electron chi connectivity index (χ0n) is 11.4. The Kier molecular flexibility index (Phi) is 3.34. The number of benzene rings is 1. The van der Waals surface area contributed by atoms with Crippen molar-refractivity contribution in [2.45, 2.75) is 13.0 Å². The second-order valence-corrected chi connectivity index (χ2v) is 4.70. The average Bonchev–Trinajstić information content (AvgIpc) is 3.01. The minimum absolute atomic E-state index is 0.0196. The number of phenolic OH excluding ortho intramolecular Hbond substituents is 1. The Morgan fingerprint density at radius 3 is 2.86 bits per heavy atom. The fourth-order valence-corrected chi connectivity index (χ4v) is 2.29. The summed E-state index contributed by atoms with van der Waals surface area (Å²) in [5, 5.41) is 10.1. The molecule has 8 nitrogen and oxygen atoms in total. The molecule has 0 unspecified atom stereocenters. The molecule has 8 heteroatoms. The van der Waals surface area contributed by atoms with E-state index < -0.39 is 11.2 Å². The molecule has 0 aliphatic heterocycles. The number of phenols is 1. The Morgan fingerprint density at radius 1 is 1.32 bits per heavy atom. The molecule has 2 N–H and O–H groups in total. The molecular weight excluding hydrogens is 288 g/mol. The molecule has 2 aromatic heterocycles. The molecule has 22 heavy (non-hydrogen) atoms. The predicted molar refractivity (Wildman–Crippen MR) is 78.0 cm³/mol. The van der Waals surface area contributed by atoms with Crippen LogP contribution in [0.15, 0.2) is 46.5 Å². The van der Waals surface area contributed by atoms with Crippen molar-refractivity contribution in [1.82, 2.24) is 19.1 Å². The van der Waals surface area contributed by atoms with Gasteiger partial charge in [-0.3, -0.25) is 23.7 Å². The third kappa shape index (κ3) is 2.30. The predicted octanol–water partition coefficient (Wildman–Crippen LogP) is 0.322. The highest BCUT2D eigenvalue weighted by Crippen LogP contribution is 2.20. The van der Waals surface area contributed by atoms with Crippen molar-refractivity contribution in [1.29, 1.82) is 0 Å². The summed E-state index contributed by atoms with van der Waals surface area (Å²) in [5.74, 6) is -0.435. The van der Waals surface area contributed by atoms with Gasteiger partial charge < -0.3 is 5.11 Å². The number of para-hydroxylation sites is 1. The molecule has 0 aliphatic carbocycles. The maximum atomic E-state index is 12.0. The number of nitrogens with zero attached hydrogens (tertiary/aromatic N) is 3. The van der Waals surface area contributed by atoms with Crippen molar-refractivity contribution in [2.75, 3.05) is 0 Å². The molecule has 0 fully saturated rings. The lowest BCUT2D eigenvalue weighted by molar-refractivity contribution is 0.0896. The molecule has 0 aliphatic rings. The van der Waals surface area contributed by atoms with Crippen molar-refractivity contribution < 1.29 is 9.90 Å². The van der Waals surface area contributed by atoms with Crippen molar-refractivity contribution in [3.63, 3.8) is 0 Å². The lowest BCUT2D eigenvalue weighted by Gasteiger charge is -2.10. The van der Waals surface area contributed by atoms with Crippen LogP contribution in [0.2, 0.25) is 0 Å². The highest BCUT2D eigenvalue weighted by Gasteiger charge is 2.12. The molecule has 112 valence electrons. The van der Waals surface area contributed by atoms with Gasteiger partial charge in [-0.1, -0.05) is 6.07 Å². The fourth-order valence-electron chi connectivity index (χ4n) is 2.29. The number of aromatic nitrogens is 4. The van der Waals surface area contributed by atoms with E-state index in [-0.39, 0.29) is 35.5 Å². The second-order valence-electron chi connectivity index (χ2n) is 4.70. The molecule has 0 amide bonds. The van der Waals surface area contributed by atoms with Crippen LogP contribution in [0.4, 0.5) is 0 Å². The summed E-state index contributed by atoms with van der Waals surface area (Å²) in [4.78, 5) is 41.6. The number of hydrogen-bond donors (Lipinski definition) is 2. The molecule has 2 heterocycles. The molecular formula is C14H12N4O4. The molecule has 1 aromatic carbocycles. The van der Waals surface area contributed by atoms with Crippen LogP contribution in [0.3, 0.4) is 0 Å². The fraction of sp³-hybridized carbons (Fsp3) is 0.143. The van der Waals surface area contributed by atoms with Crippen LogP contribution in [0.1, 0.15) is 11.2 Å². The topological polar surface area (TPSA) is 110 Å². The number of aromatic hydroxyl groups is 1. The first-order valence-corrected chi connectivity index (χ1v) is 6.54. The molecule has 0 bridgehead atoms. The van der Waals surface area contributed by atoms with Crippen molar-refractivity contribution in [3.8, 4) is 5.75 Å². The first-order chi connectivity index (χ1) is 10.6. The third-order valence-corrected chi connectivity index (χ3v) is 3.34. The van der Waals surface area contributed by atoms with Crippen LogP contribution in [-0.4, -0.2) is 30.1 Å². The number of imidazole rings is 1. The average molecular weight is 300 g/mol. The van der Waals surface area contributed by atoms with E-state index in [1.807, 2.05) is 0 Å². The number of H-pyrrole nitrogens is 1. The molecule has 0 saturated carbocycles. The van der Waals surface area contributed by atoms with Crippen LogP contribution in [0.25, 0.3) is 10.9 Å². The van der Waals surface area contributed by atoms with Crippen molar-refractivity contribution in [2.24, 2.45) is 0 Å². The molecule has 0 saturated heterocycles. The largest absolute Gasteiger partial charge is 0.506 e. The molecule has 0 spiro atoms. The van der Waals surface area contributed by atoms with Crippen LogP contribution in [0.5, 0.6) is 5.75 Å². The van der Waals surface area contributed by atoms with E-state index in [1.165, 1.54) is 46.1 Å². The lowest BCUT2D eigenvalue weighted by atomic mass is 10.2. The quantitative estimate of drug-likeness (QED) is 0.724. The maximum Gasteiger partial charge on any atom is 0.328 e. The number of carbonyl (C=O) groups is 1. The Hall–Kier alpha value is -3.16. The number of rotatable bonds is 3. The third-order valence-electron chi connectivity index (χ3n) is 3.34. The van der Waals surface area contributed by atoms with Gasteiger partial charge in [-0.25, -0.2) is 9.78 Å². The van der Waals surface area contributed by atoms with Crippen LogP contribution in [-0.2, 0) is 6.54 Å². The van der Waals surface area contributed by atoms with Gasteiger partial charge in [-0.15, -0.1) is 0 Å². The zero-order valence-corrected chi connectivity index (χ0v) is 11.4. The summed E-state index contributed by atoms with van der Waals surface area (Å²) >= 11 is 0. The smallest absolute Gasteiger partial charge is 0.328 e. The van der Waals surface area contributed by atoms with E-state index in [2.05, 4.69) is 9.97 Å². The summed E-state index contributed by atoms with van der Waals surface area (Å²) in [6.45, 7) is 0.0285. The van der Waals surface area contributed by atoms with E-state index in [4.69, 9.17) is 0 Å². The van der Waals surface area contributed by atoms with E-state index in [9.17, 15) is 19.5 Å². The standard InChI is InChI=1S/C14H12N4O4/c19-10-3-1-2-9-12(10)18(14(22)16-13(9)21)6-4-11(20)17-7-5-15-8-17/h1-3,5,7-8,19H,4,6H2,(H,16,21,22). The van der Waals surface area contributed by atoms with Crippen molar-refractivity contribution >= 4 is 16.8 Å². The Morgan fingerprint density at radius 2 is 2.14 bits per heavy atom. The monoisotopic (exact) mass is 300 g/mol. The highest BCUT2D eigenvalue weighted by molar-refractivity contribution is 5.84. The van der Waals surface area contributed by atoms with Gasteiger partial charge in [0.25, 0.3) is 5.56 Å². The number of hydrogen-bond acceptors (Lipinski definition) is 5. The first kappa shape index (κ1) is 13.8. The molecule has 3 rings (SSSR count). The van der Waals surface area contributed by atoms with E-state index in [0.717, 1.165) is 0 Å². The van der Waals surface area contributed by atoms with Gasteiger partial charge in [0.15, 0.2) is 0 Å². The summed E-state index contributed by atoms with van der Waals surface area (Å²) in [5.41, 5.74) is -1.12. The summed E-state index contributed by atoms with van der Waals surface area (Å²) in [6, 6.07) is 4.40. The number of fused-ring (bicyclic) bond motifs is 1. The minimum atomic E-state index is -0.669. The number of aryl methyl sites for hydroxylation is 1. The van der Waals surface area contributed by atoms with E-state index in [1.54, 1.807) is 0 Å². The SMILES string of the molecule is O=C(CCn1c(=O)[nH]c(=O)c2cccc(O)c21)n1ccnc1. The number of carbonyl (C=O) groups excluding carboxylic acids is 1. The number of aromatic amines is 1. The van der Waals surface area contributed by atoms with Gasteiger partial charge in [0.2, 0.25) is 5.91 Å². The second kappa shape index (κ2) is 5.32. The van der Waals surface area contributed by atoms with Gasteiger partial charge in [0.1, 0.15) is 17.6 Å². The summed E-state index contributed by atoms with van der Waals surface area (Å²) < 4.78 is 2.49. The van der Waals surface area contributed by atoms with Crippen molar-refractivity contribution in [3.05, 3.63) is 57.8 Å². The maximum absolute atomic E-state index is 12.0. The van der Waals surface area contributed by atoms with Crippen LogP contribution in [0, 0.1) is 0 Å².